The van der Waals surface area contributed by atoms with Gasteiger partial charge in [-0.3, -0.25) is 52.7 Å². The molecule has 26 heteroatoms. The molecule has 0 bridgehead atoms. The number of hydrogen-bond acceptors (Lipinski definition) is 11. The summed E-state index contributed by atoms with van der Waals surface area (Å²) >= 11 is 6.13. The molecule has 11 amide bonds. The van der Waals surface area contributed by atoms with Crippen molar-refractivity contribution in [3.63, 3.8) is 0 Å². The minimum atomic E-state index is -4.75. The summed E-state index contributed by atoms with van der Waals surface area (Å²) in [5.74, 6) is -7.81. The maximum atomic E-state index is 15.1. The molecule has 0 unspecified atom stereocenters. The van der Waals surface area contributed by atoms with Crippen LogP contribution in [0.25, 0.3) is 0 Å². The Morgan fingerprint density at radius 1 is 0.649 bits per heavy atom. The normalized spacial score (nSPS) is 26.6. The molecular weight excluding hydrogens is 1240 g/mol. The second-order valence-electron chi connectivity index (χ2n) is 27.4. The van der Waals surface area contributed by atoms with Crippen LogP contribution in [0.4, 0.5) is 13.2 Å². The summed E-state index contributed by atoms with van der Waals surface area (Å²) in [5.41, 5.74) is -0.695. The van der Waals surface area contributed by atoms with E-state index in [0.29, 0.717) is 36.8 Å². The molecular formula is C68H99ClF3N11O11. The van der Waals surface area contributed by atoms with E-state index in [-0.39, 0.29) is 76.8 Å². The fraction of sp³-hybridized carbons (Fsp3) is 0.662. The number of likely N-dealkylation sites (N-methyl/N-ethyl adjacent to an activating group) is 6. The van der Waals surface area contributed by atoms with Crippen LogP contribution in [-0.2, 0) is 71.8 Å². The third kappa shape index (κ3) is 17.6. The maximum Gasteiger partial charge on any atom is 0.417 e. The zero-order valence-corrected chi connectivity index (χ0v) is 58.1. The topological polar surface area (TPSA) is 250 Å². The first-order valence-electron chi connectivity index (χ1n) is 33.0. The van der Waals surface area contributed by atoms with E-state index in [9.17, 15) is 56.3 Å². The van der Waals surface area contributed by atoms with Crippen LogP contribution in [0.5, 0.6) is 0 Å². The number of nitrogens with zero attached hydrogens (tertiary/aromatic N) is 8. The van der Waals surface area contributed by atoms with Gasteiger partial charge in [0.25, 0.3) is 0 Å². The number of alkyl halides is 3. The number of carbonyl (C=O) groups is 11. The van der Waals surface area contributed by atoms with Crippen molar-refractivity contribution in [1.29, 1.82) is 0 Å². The van der Waals surface area contributed by atoms with Crippen LogP contribution in [0.1, 0.15) is 148 Å². The van der Waals surface area contributed by atoms with Crippen LogP contribution in [-0.4, -0.2) is 226 Å². The van der Waals surface area contributed by atoms with Crippen LogP contribution in [0.3, 0.4) is 0 Å². The predicted molar refractivity (Wildman–Crippen MR) is 348 cm³/mol. The number of hydrogen-bond donors (Lipinski definition) is 3. The van der Waals surface area contributed by atoms with E-state index in [4.69, 9.17) is 11.6 Å². The Balaban J connectivity index is 1.40. The third-order valence-electron chi connectivity index (χ3n) is 19.8. The predicted octanol–water partition coefficient (Wildman–Crippen LogP) is 5.62. The SMILES string of the molecule is CC[C@H](C)[C@@H]1NC(=O)[C@H](CC(C)C)N(C)C(=O)C[C@@H](C)N(C)C(=O)[C@H](C(C)C)N(C)C(=O)C2(CCCC2)NC(=O)[C@@H]2CCCN2C(=O)[C@H](CCc2ccc(C(F)(F)F)c(Cl)c2)NC(=O)CN(C)C(=O)[C@H](Cc2ccc(C)cc2)N(C)C(=O)[C@@H]2CCN2C(=O)[C@H](C)N(C)C1=O. The molecule has 2 aromatic rings. The van der Waals surface area contributed by atoms with Crippen LogP contribution in [0.2, 0.25) is 5.02 Å². The molecule has 1 saturated carbocycles. The molecule has 520 valence electrons. The molecule has 94 heavy (non-hydrogen) atoms. The van der Waals surface area contributed by atoms with Crippen molar-refractivity contribution in [2.75, 3.05) is 61.9 Å². The quantitative estimate of drug-likeness (QED) is 0.264. The molecule has 4 fully saturated rings. The van der Waals surface area contributed by atoms with E-state index in [1.165, 1.54) is 89.6 Å². The Labute approximate surface area is 556 Å². The Hall–Kier alpha value is -7.31. The van der Waals surface area contributed by atoms with Crippen LogP contribution < -0.4 is 16.0 Å². The molecule has 4 aliphatic rings. The molecule has 3 N–H and O–H groups in total. The number of fused-ring (bicyclic) bond motifs is 2. The van der Waals surface area contributed by atoms with E-state index in [1.54, 1.807) is 39.8 Å². The van der Waals surface area contributed by atoms with Crippen molar-refractivity contribution in [3.05, 3.63) is 69.7 Å². The van der Waals surface area contributed by atoms with Crippen LogP contribution in [0, 0.1) is 24.7 Å². The first-order valence-corrected chi connectivity index (χ1v) is 33.4. The van der Waals surface area contributed by atoms with Crippen molar-refractivity contribution in [2.45, 2.75) is 212 Å². The van der Waals surface area contributed by atoms with Gasteiger partial charge in [-0.15, -0.1) is 0 Å². The smallest absolute Gasteiger partial charge is 0.343 e. The monoisotopic (exact) mass is 1340 g/mol. The lowest BCUT2D eigenvalue weighted by Crippen LogP contribution is -2.65. The van der Waals surface area contributed by atoms with Gasteiger partial charge in [0.2, 0.25) is 65.0 Å². The van der Waals surface area contributed by atoms with Gasteiger partial charge in [0, 0.05) is 74.3 Å². The van der Waals surface area contributed by atoms with E-state index >= 15 is 9.59 Å². The van der Waals surface area contributed by atoms with Crippen LogP contribution >= 0.6 is 11.6 Å². The number of aryl methyl sites for hydroxylation is 2. The van der Waals surface area contributed by atoms with Crippen molar-refractivity contribution in [2.24, 2.45) is 17.8 Å². The summed E-state index contributed by atoms with van der Waals surface area (Å²) in [4.78, 5) is 173. The second kappa shape index (κ2) is 32.0. The lowest BCUT2D eigenvalue weighted by atomic mass is 9.91. The lowest BCUT2D eigenvalue weighted by Gasteiger charge is -2.45. The summed E-state index contributed by atoms with van der Waals surface area (Å²) in [5, 5.41) is 8.11. The van der Waals surface area contributed by atoms with Crippen LogP contribution in [0.15, 0.2) is 42.5 Å². The highest BCUT2D eigenvalue weighted by atomic mass is 35.5. The maximum absolute atomic E-state index is 15.1. The number of rotatable bonds is 10. The second-order valence-corrected chi connectivity index (χ2v) is 27.8. The van der Waals surface area contributed by atoms with Crippen molar-refractivity contribution in [1.82, 2.24) is 55.1 Å². The van der Waals surface area contributed by atoms with Gasteiger partial charge in [-0.1, -0.05) is 108 Å². The van der Waals surface area contributed by atoms with Gasteiger partial charge in [-0.05, 0) is 113 Å². The molecule has 1 aliphatic carbocycles. The Morgan fingerprint density at radius 2 is 1.27 bits per heavy atom. The van der Waals surface area contributed by atoms with Crippen molar-refractivity contribution < 1.29 is 65.9 Å². The van der Waals surface area contributed by atoms with E-state index in [0.717, 1.165) is 22.6 Å². The zero-order chi connectivity index (χ0) is 70.2. The highest BCUT2D eigenvalue weighted by Gasteiger charge is 2.51. The fourth-order valence-corrected chi connectivity index (χ4v) is 13.6. The molecule has 0 radical (unpaired) electrons. The minimum Gasteiger partial charge on any atom is -0.343 e. The standard InChI is InChI=1S/C68H99ClF3N11O11/c1-16-42(7)56-64(92)78(12)44(9)60(88)83-33-29-51(83)63(91)80(14)53(37-46-23-21-41(6)22-24-46)62(90)76(10)38-54(84)73-49(28-26-45-25-27-47(48(69)36-45)68(70,71)72)61(89)82-32-19-20-50(82)59(87)75-67(30-17-18-31-67)66(94)81(15)57(40(4)5)65(93)77(11)43(8)35-55(85)79(13)52(34-39(2)3)58(86)74-56/h21-25,27,36,39-40,42-44,49-53,56-57H,16-20,26,28-35,37-38H2,1-15H3,(H,73,84)(H,74,86)(H,75,87)/t42-,43+,44-,49-,50-,51-,52-,53-,56-,57-/m0/s1. The average molecular weight is 1340 g/mol. The van der Waals surface area contributed by atoms with E-state index in [2.05, 4.69) is 16.0 Å². The van der Waals surface area contributed by atoms with Gasteiger partial charge in [-0.2, -0.15) is 13.2 Å². The van der Waals surface area contributed by atoms with Gasteiger partial charge in [0.15, 0.2) is 0 Å². The molecule has 3 aliphatic heterocycles. The summed E-state index contributed by atoms with van der Waals surface area (Å²) in [6.45, 7) is 15.6. The van der Waals surface area contributed by atoms with Gasteiger partial charge in [0.05, 0.1) is 17.1 Å². The van der Waals surface area contributed by atoms with Gasteiger partial charge >= 0.3 is 6.18 Å². The molecule has 10 atom stereocenters. The summed E-state index contributed by atoms with van der Waals surface area (Å²) in [7, 11) is 8.72. The summed E-state index contributed by atoms with van der Waals surface area (Å²) in [6, 6.07) is 0.278. The number of nitrogens with one attached hydrogen (secondary N) is 3. The Kier molecular flexibility index (Phi) is 25.7. The molecule has 22 nitrogen and oxygen atoms in total. The molecule has 3 saturated heterocycles. The van der Waals surface area contributed by atoms with Gasteiger partial charge in [0.1, 0.15) is 53.9 Å². The Bertz CT molecular complexity index is 3130. The molecule has 0 aromatic heterocycles. The number of halogens is 4. The van der Waals surface area contributed by atoms with Crippen molar-refractivity contribution >= 4 is 76.6 Å². The largest absolute Gasteiger partial charge is 0.417 e. The molecule has 6 rings (SSSR count). The number of carbonyl (C=O) groups excluding carboxylic acids is 11. The lowest BCUT2D eigenvalue weighted by molar-refractivity contribution is -0.160. The number of amides is 11. The van der Waals surface area contributed by atoms with E-state index < -0.39 is 160 Å². The number of benzene rings is 2. The van der Waals surface area contributed by atoms with Gasteiger partial charge < -0.3 is 55.1 Å². The minimum absolute atomic E-state index is 0.0302. The van der Waals surface area contributed by atoms with E-state index in [1.807, 2.05) is 39.8 Å². The molecule has 1 spiro atoms. The molecule has 3 heterocycles. The average Bonchev–Trinajstić information content (AvgIpc) is 1.22. The van der Waals surface area contributed by atoms with Crippen molar-refractivity contribution in [3.8, 4) is 0 Å². The summed E-state index contributed by atoms with van der Waals surface area (Å²) in [6.07, 6.45) is -2.47. The first kappa shape index (κ1) is 75.7. The molecule has 2 aromatic carbocycles. The Morgan fingerprint density at radius 3 is 1.83 bits per heavy atom. The third-order valence-corrected chi connectivity index (χ3v) is 20.1. The highest BCUT2D eigenvalue weighted by molar-refractivity contribution is 6.31. The fourth-order valence-electron chi connectivity index (χ4n) is 13.3. The zero-order valence-electron chi connectivity index (χ0n) is 57.4. The first-order chi connectivity index (χ1) is 44.0. The van der Waals surface area contributed by atoms with Gasteiger partial charge in [-0.25, -0.2) is 0 Å². The highest BCUT2D eigenvalue weighted by Crippen LogP contribution is 2.37. The summed E-state index contributed by atoms with van der Waals surface area (Å²) < 4.78 is 41.4.